The van der Waals surface area contributed by atoms with E-state index in [0.29, 0.717) is 5.82 Å². The molecule has 5 nitrogen and oxygen atoms in total. The molecule has 2 aromatic heterocycles. The quantitative estimate of drug-likeness (QED) is 0.685. The van der Waals surface area contributed by atoms with E-state index in [2.05, 4.69) is 17.2 Å². The van der Waals surface area contributed by atoms with Crippen molar-refractivity contribution >= 4 is 11.7 Å². The molecule has 1 aromatic carbocycles. The number of benzene rings is 1. The lowest BCUT2D eigenvalue weighted by atomic mass is 9.91. The number of anilines is 1. The largest absolute Gasteiger partial charge is 0.370 e. The lowest BCUT2D eigenvalue weighted by Gasteiger charge is -2.19. The molecule has 1 atom stereocenters. The van der Waals surface area contributed by atoms with Gasteiger partial charge in [0, 0.05) is 30.1 Å². The van der Waals surface area contributed by atoms with Gasteiger partial charge < -0.3 is 11.1 Å². The van der Waals surface area contributed by atoms with E-state index in [1.165, 1.54) is 0 Å². The number of rotatable bonds is 7. The fourth-order valence-corrected chi connectivity index (χ4v) is 2.90. The predicted octanol–water partition coefficient (Wildman–Crippen LogP) is 3.58. The Balaban J connectivity index is 2.08. The maximum absolute atomic E-state index is 12.2. The second-order valence-electron chi connectivity index (χ2n) is 6.05. The fraction of sp³-hybridized carbons (Fsp3) is 0.190. The maximum atomic E-state index is 12.2. The van der Waals surface area contributed by atoms with Gasteiger partial charge in [-0.3, -0.25) is 9.78 Å². The molecular formula is C21H22N4O. The smallest absolute Gasteiger partial charge is 0.229 e. The van der Waals surface area contributed by atoms with Crippen LogP contribution in [0.3, 0.4) is 0 Å². The lowest BCUT2D eigenvalue weighted by molar-refractivity contribution is -0.118. The van der Waals surface area contributed by atoms with Crippen molar-refractivity contribution in [2.24, 2.45) is 5.73 Å². The van der Waals surface area contributed by atoms with Crippen LogP contribution in [0.5, 0.6) is 0 Å². The van der Waals surface area contributed by atoms with Gasteiger partial charge in [0.05, 0.1) is 11.6 Å². The Bertz CT molecular complexity index is 866. The molecule has 5 heteroatoms. The van der Waals surface area contributed by atoms with Crippen LogP contribution in [0.4, 0.5) is 5.82 Å². The van der Waals surface area contributed by atoms with Gasteiger partial charge in [-0.15, -0.1) is 0 Å². The molecule has 0 aliphatic heterocycles. The number of hydrogen-bond acceptors (Lipinski definition) is 4. The van der Waals surface area contributed by atoms with E-state index in [1.54, 1.807) is 18.5 Å². The van der Waals surface area contributed by atoms with Crippen LogP contribution in [0.25, 0.3) is 11.3 Å². The SMILES string of the molecule is CCCNc1nc(-c2ccccc2)ccc1C(C(N)=O)c1cccnc1. The number of carbonyl (C=O) groups is 1. The minimum atomic E-state index is -0.597. The number of carbonyl (C=O) groups excluding carboxylic acids is 1. The van der Waals surface area contributed by atoms with Gasteiger partial charge in [-0.25, -0.2) is 4.98 Å². The van der Waals surface area contributed by atoms with Crippen molar-refractivity contribution in [3.05, 3.63) is 78.1 Å². The van der Waals surface area contributed by atoms with Crippen LogP contribution in [0.1, 0.15) is 30.4 Å². The number of nitrogens with zero attached hydrogens (tertiary/aromatic N) is 2. The summed E-state index contributed by atoms with van der Waals surface area (Å²) in [5.74, 6) is -0.340. The summed E-state index contributed by atoms with van der Waals surface area (Å²) in [6.07, 6.45) is 4.30. The Morgan fingerprint density at radius 3 is 2.58 bits per heavy atom. The van der Waals surface area contributed by atoms with Crippen molar-refractivity contribution in [1.82, 2.24) is 9.97 Å². The summed E-state index contributed by atoms with van der Waals surface area (Å²) in [5.41, 5.74) is 9.12. The third kappa shape index (κ3) is 3.88. The van der Waals surface area contributed by atoms with Crippen molar-refractivity contribution in [2.75, 3.05) is 11.9 Å². The molecule has 0 bridgehead atoms. The summed E-state index contributed by atoms with van der Waals surface area (Å²) in [6.45, 7) is 2.84. The van der Waals surface area contributed by atoms with Crippen LogP contribution in [-0.4, -0.2) is 22.4 Å². The number of amides is 1. The van der Waals surface area contributed by atoms with E-state index in [4.69, 9.17) is 10.7 Å². The monoisotopic (exact) mass is 346 g/mol. The Morgan fingerprint density at radius 1 is 1.12 bits per heavy atom. The second-order valence-corrected chi connectivity index (χ2v) is 6.05. The van der Waals surface area contributed by atoms with E-state index in [9.17, 15) is 4.79 Å². The third-order valence-electron chi connectivity index (χ3n) is 4.15. The number of nitrogens with two attached hydrogens (primary N) is 1. The van der Waals surface area contributed by atoms with E-state index >= 15 is 0 Å². The van der Waals surface area contributed by atoms with Crippen LogP contribution in [0.2, 0.25) is 0 Å². The van der Waals surface area contributed by atoms with E-state index in [-0.39, 0.29) is 0 Å². The molecule has 1 unspecified atom stereocenters. The summed E-state index contributed by atoms with van der Waals surface area (Å²) in [5, 5.41) is 3.34. The zero-order valence-corrected chi connectivity index (χ0v) is 14.7. The highest BCUT2D eigenvalue weighted by Crippen LogP contribution is 2.31. The number of pyridine rings is 2. The first-order valence-corrected chi connectivity index (χ1v) is 8.70. The fourth-order valence-electron chi connectivity index (χ4n) is 2.90. The molecule has 0 spiro atoms. The number of aromatic nitrogens is 2. The Labute approximate surface area is 153 Å². The average molecular weight is 346 g/mol. The zero-order valence-electron chi connectivity index (χ0n) is 14.7. The van der Waals surface area contributed by atoms with Gasteiger partial charge in [0.2, 0.25) is 5.91 Å². The van der Waals surface area contributed by atoms with Gasteiger partial charge >= 0.3 is 0 Å². The molecule has 0 fully saturated rings. The third-order valence-corrected chi connectivity index (χ3v) is 4.15. The van der Waals surface area contributed by atoms with Crippen LogP contribution < -0.4 is 11.1 Å². The maximum Gasteiger partial charge on any atom is 0.229 e. The van der Waals surface area contributed by atoms with Crippen LogP contribution in [-0.2, 0) is 4.79 Å². The predicted molar refractivity (Wildman–Crippen MR) is 104 cm³/mol. The van der Waals surface area contributed by atoms with Crippen molar-refractivity contribution in [3.8, 4) is 11.3 Å². The van der Waals surface area contributed by atoms with Crippen molar-refractivity contribution in [2.45, 2.75) is 19.3 Å². The molecule has 3 rings (SSSR count). The second kappa shape index (κ2) is 8.25. The van der Waals surface area contributed by atoms with Gasteiger partial charge in [-0.2, -0.15) is 0 Å². The first-order valence-electron chi connectivity index (χ1n) is 8.70. The normalized spacial score (nSPS) is 11.7. The van der Waals surface area contributed by atoms with E-state index in [0.717, 1.165) is 35.3 Å². The molecule has 0 saturated heterocycles. The summed E-state index contributed by atoms with van der Waals surface area (Å²) in [6, 6.07) is 17.5. The molecule has 132 valence electrons. The highest BCUT2D eigenvalue weighted by atomic mass is 16.1. The first-order chi connectivity index (χ1) is 12.7. The lowest BCUT2D eigenvalue weighted by Crippen LogP contribution is -2.24. The molecule has 1 amide bonds. The van der Waals surface area contributed by atoms with Crippen molar-refractivity contribution in [1.29, 1.82) is 0 Å². The van der Waals surface area contributed by atoms with Gasteiger partial charge in [0.25, 0.3) is 0 Å². The zero-order chi connectivity index (χ0) is 18.4. The molecule has 26 heavy (non-hydrogen) atoms. The Kier molecular flexibility index (Phi) is 5.59. The average Bonchev–Trinajstić information content (AvgIpc) is 2.68. The molecule has 0 aliphatic carbocycles. The van der Waals surface area contributed by atoms with E-state index < -0.39 is 11.8 Å². The van der Waals surface area contributed by atoms with Crippen molar-refractivity contribution in [3.63, 3.8) is 0 Å². The Morgan fingerprint density at radius 2 is 1.92 bits per heavy atom. The number of primary amides is 1. The highest BCUT2D eigenvalue weighted by molar-refractivity contribution is 5.87. The Hall–Kier alpha value is -3.21. The van der Waals surface area contributed by atoms with Gasteiger partial charge in [-0.05, 0) is 24.1 Å². The summed E-state index contributed by atoms with van der Waals surface area (Å²) in [7, 11) is 0. The summed E-state index contributed by atoms with van der Waals surface area (Å²) in [4.78, 5) is 21.1. The number of nitrogens with one attached hydrogen (secondary N) is 1. The van der Waals surface area contributed by atoms with Gasteiger partial charge in [0.15, 0.2) is 0 Å². The van der Waals surface area contributed by atoms with Gasteiger partial charge in [-0.1, -0.05) is 49.4 Å². The molecule has 3 aromatic rings. The molecule has 2 heterocycles. The number of hydrogen-bond donors (Lipinski definition) is 2. The molecule has 0 saturated carbocycles. The van der Waals surface area contributed by atoms with Crippen LogP contribution in [0.15, 0.2) is 67.0 Å². The minimum absolute atomic E-state index is 0.424. The first kappa shape index (κ1) is 17.6. The summed E-state index contributed by atoms with van der Waals surface area (Å²) < 4.78 is 0. The minimum Gasteiger partial charge on any atom is -0.370 e. The summed E-state index contributed by atoms with van der Waals surface area (Å²) >= 11 is 0. The molecule has 0 radical (unpaired) electrons. The topological polar surface area (TPSA) is 80.9 Å². The molecular weight excluding hydrogens is 324 g/mol. The van der Waals surface area contributed by atoms with Crippen molar-refractivity contribution < 1.29 is 4.79 Å². The van der Waals surface area contributed by atoms with Crippen LogP contribution in [0, 0.1) is 0 Å². The van der Waals surface area contributed by atoms with E-state index in [1.807, 2.05) is 48.5 Å². The standard InChI is InChI=1S/C21H22N4O/c1-2-12-24-21-17(19(20(22)26)16-9-6-13-23-14-16)10-11-18(25-21)15-7-4-3-5-8-15/h3-11,13-14,19H,2,12H2,1H3,(H2,22,26)(H,24,25). The van der Waals surface area contributed by atoms with Gasteiger partial charge in [0.1, 0.15) is 5.82 Å². The highest BCUT2D eigenvalue weighted by Gasteiger charge is 2.24. The van der Waals surface area contributed by atoms with Crippen LogP contribution >= 0.6 is 0 Å². The molecule has 0 aliphatic rings. The molecule has 3 N–H and O–H groups in total.